The van der Waals surface area contributed by atoms with Crippen LogP contribution in [0.15, 0.2) is 0 Å². The zero-order chi connectivity index (χ0) is 12.8. The van der Waals surface area contributed by atoms with Crippen LogP contribution in [0.3, 0.4) is 0 Å². The van der Waals surface area contributed by atoms with E-state index in [0.29, 0.717) is 12.1 Å². The molecule has 2 unspecified atom stereocenters. The summed E-state index contributed by atoms with van der Waals surface area (Å²) in [7, 11) is 0. The Morgan fingerprint density at radius 2 is 1.82 bits per heavy atom. The maximum atomic E-state index is 3.71. The van der Waals surface area contributed by atoms with Crippen molar-refractivity contribution in [3.05, 3.63) is 0 Å². The Morgan fingerprint density at radius 1 is 1.18 bits per heavy atom. The number of rotatable bonds is 7. The minimum absolute atomic E-state index is 0.686. The Hall–Kier alpha value is -0.0800. The smallest absolute Gasteiger partial charge is 0.0195 e. The van der Waals surface area contributed by atoms with Gasteiger partial charge in [0.25, 0.3) is 0 Å². The maximum Gasteiger partial charge on any atom is 0.0195 e. The van der Waals surface area contributed by atoms with Gasteiger partial charge in [0.2, 0.25) is 0 Å². The van der Waals surface area contributed by atoms with Crippen LogP contribution in [0.1, 0.15) is 60.3 Å². The molecular weight excluding hydrogens is 208 g/mol. The highest BCUT2D eigenvalue weighted by Crippen LogP contribution is 2.25. The third-order valence-electron chi connectivity index (χ3n) is 4.37. The molecule has 1 rings (SSSR count). The third-order valence-corrected chi connectivity index (χ3v) is 4.37. The Balaban J connectivity index is 2.38. The lowest BCUT2D eigenvalue weighted by Crippen LogP contribution is -2.46. The number of nitrogens with zero attached hydrogens (tertiary/aromatic N) is 1. The van der Waals surface area contributed by atoms with E-state index in [4.69, 9.17) is 0 Å². The van der Waals surface area contributed by atoms with Gasteiger partial charge in [-0.2, -0.15) is 0 Å². The molecule has 1 aliphatic rings. The second kappa shape index (κ2) is 7.38. The Morgan fingerprint density at radius 3 is 2.35 bits per heavy atom. The minimum atomic E-state index is 0.686. The zero-order valence-corrected chi connectivity index (χ0v) is 12.5. The van der Waals surface area contributed by atoms with Gasteiger partial charge < -0.3 is 5.32 Å². The van der Waals surface area contributed by atoms with Gasteiger partial charge in [0.1, 0.15) is 0 Å². The van der Waals surface area contributed by atoms with Crippen LogP contribution in [0.4, 0.5) is 0 Å². The summed E-state index contributed by atoms with van der Waals surface area (Å²) in [4.78, 5) is 2.72. The first-order valence-electron chi connectivity index (χ1n) is 7.59. The molecule has 0 bridgehead atoms. The molecule has 0 radical (unpaired) electrons. The van der Waals surface area contributed by atoms with Gasteiger partial charge in [-0.15, -0.1) is 0 Å². The predicted molar refractivity (Wildman–Crippen MR) is 76.4 cm³/mol. The zero-order valence-electron chi connectivity index (χ0n) is 12.5. The van der Waals surface area contributed by atoms with Crippen molar-refractivity contribution < 1.29 is 0 Å². The summed E-state index contributed by atoms with van der Waals surface area (Å²) in [6.45, 7) is 14.1. The average Bonchev–Trinajstić information content (AvgIpc) is 2.79. The lowest BCUT2D eigenvalue weighted by Gasteiger charge is -2.34. The van der Waals surface area contributed by atoms with Crippen LogP contribution in [0.2, 0.25) is 0 Å². The van der Waals surface area contributed by atoms with E-state index in [9.17, 15) is 0 Å². The number of hydrogen-bond donors (Lipinski definition) is 1. The second-order valence-electron chi connectivity index (χ2n) is 5.96. The molecule has 0 aromatic heterocycles. The van der Waals surface area contributed by atoms with Crippen molar-refractivity contribution in [2.24, 2.45) is 5.92 Å². The summed E-state index contributed by atoms with van der Waals surface area (Å²) < 4.78 is 0. The molecule has 2 nitrogen and oxygen atoms in total. The first-order valence-corrected chi connectivity index (χ1v) is 7.59. The summed E-state index contributed by atoms with van der Waals surface area (Å²) in [6.07, 6.45) is 5.28. The van der Waals surface area contributed by atoms with E-state index in [-0.39, 0.29) is 0 Å². The molecule has 0 aromatic carbocycles. The van der Waals surface area contributed by atoms with E-state index in [1.807, 2.05) is 0 Å². The van der Waals surface area contributed by atoms with Crippen molar-refractivity contribution >= 4 is 0 Å². The SMILES string of the molecule is CCC(CC)NCC(C)N1CCCC1C(C)C. The molecule has 1 heterocycles. The quantitative estimate of drug-likeness (QED) is 0.735. The molecule has 17 heavy (non-hydrogen) atoms. The van der Waals surface area contributed by atoms with Crippen molar-refractivity contribution in [3.63, 3.8) is 0 Å². The Kier molecular flexibility index (Phi) is 6.50. The average molecular weight is 240 g/mol. The molecule has 0 amide bonds. The van der Waals surface area contributed by atoms with E-state index in [1.54, 1.807) is 0 Å². The van der Waals surface area contributed by atoms with Crippen LogP contribution in [-0.4, -0.2) is 36.1 Å². The van der Waals surface area contributed by atoms with Crippen LogP contribution >= 0.6 is 0 Å². The largest absolute Gasteiger partial charge is 0.312 e. The molecule has 102 valence electrons. The number of hydrogen-bond acceptors (Lipinski definition) is 2. The maximum absolute atomic E-state index is 3.71. The fraction of sp³-hybridized carbons (Fsp3) is 1.00. The van der Waals surface area contributed by atoms with Gasteiger partial charge >= 0.3 is 0 Å². The third kappa shape index (κ3) is 4.26. The first-order chi connectivity index (χ1) is 8.10. The summed E-state index contributed by atoms with van der Waals surface area (Å²) in [5, 5.41) is 3.71. The standard InChI is InChI=1S/C15H32N2/c1-6-14(7-2)16-11-13(5)17-10-8-9-15(17)12(3)4/h12-16H,6-11H2,1-5H3. The summed E-state index contributed by atoms with van der Waals surface area (Å²) in [5.74, 6) is 0.799. The van der Waals surface area contributed by atoms with Gasteiger partial charge in [0.15, 0.2) is 0 Å². The number of nitrogens with one attached hydrogen (secondary N) is 1. The van der Waals surface area contributed by atoms with Crippen molar-refractivity contribution in [2.75, 3.05) is 13.1 Å². The van der Waals surface area contributed by atoms with Crippen molar-refractivity contribution in [2.45, 2.75) is 78.4 Å². The van der Waals surface area contributed by atoms with Crippen LogP contribution in [-0.2, 0) is 0 Å². The molecular formula is C15H32N2. The lowest BCUT2D eigenvalue weighted by molar-refractivity contribution is 0.150. The molecule has 2 heteroatoms. The van der Waals surface area contributed by atoms with E-state index in [2.05, 4.69) is 44.8 Å². The van der Waals surface area contributed by atoms with Crippen molar-refractivity contribution in [1.82, 2.24) is 10.2 Å². The van der Waals surface area contributed by atoms with E-state index < -0.39 is 0 Å². The predicted octanol–water partition coefficient (Wildman–Crippen LogP) is 3.27. The molecule has 1 fully saturated rings. The monoisotopic (exact) mass is 240 g/mol. The molecule has 2 atom stereocenters. The number of likely N-dealkylation sites (tertiary alicyclic amines) is 1. The molecule has 1 saturated heterocycles. The van der Waals surface area contributed by atoms with Gasteiger partial charge in [-0.05, 0) is 45.1 Å². The lowest BCUT2D eigenvalue weighted by atomic mass is 10.0. The summed E-state index contributed by atoms with van der Waals surface area (Å²) >= 11 is 0. The van der Waals surface area contributed by atoms with Crippen molar-refractivity contribution in [1.29, 1.82) is 0 Å². The molecule has 0 aromatic rings. The Bertz CT molecular complexity index is 199. The molecule has 0 saturated carbocycles. The molecule has 1 aliphatic heterocycles. The van der Waals surface area contributed by atoms with Gasteiger partial charge in [-0.1, -0.05) is 27.7 Å². The van der Waals surface area contributed by atoms with Gasteiger partial charge in [-0.25, -0.2) is 0 Å². The van der Waals surface area contributed by atoms with Gasteiger partial charge in [-0.3, -0.25) is 4.90 Å². The van der Waals surface area contributed by atoms with Crippen LogP contribution in [0, 0.1) is 5.92 Å². The highest BCUT2D eigenvalue weighted by Gasteiger charge is 2.30. The van der Waals surface area contributed by atoms with E-state index >= 15 is 0 Å². The summed E-state index contributed by atoms with van der Waals surface area (Å²) in [6, 6.07) is 2.21. The summed E-state index contributed by atoms with van der Waals surface area (Å²) in [5.41, 5.74) is 0. The van der Waals surface area contributed by atoms with Crippen molar-refractivity contribution in [3.8, 4) is 0 Å². The molecule has 0 aliphatic carbocycles. The fourth-order valence-electron chi connectivity index (χ4n) is 3.11. The fourth-order valence-corrected chi connectivity index (χ4v) is 3.11. The first kappa shape index (κ1) is 15.0. The normalized spacial score (nSPS) is 23.8. The van der Waals surface area contributed by atoms with E-state index in [0.717, 1.165) is 18.5 Å². The van der Waals surface area contributed by atoms with Crippen LogP contribution in [0.25, 0.3) is 0 Å². The molecule has 1 N–H and O–H groups in total. The topological polar surface area (TPSA) is 15.3 Å². The highest BCUT2D eigenvalue weighted by atomic mass is 15.2. The van der Waals surface area contributed by atoms with E-state index in [1.165, 1.54) is 32.2 Å². The van der Waals surface area contributed by atoms with Crippen LogP contribution < -0.4 is 5.32 Å². The molecule has 0 spiro atoms. The highest BCUT2D eigenvalue weighted by molar-refractivity contribution is 4.86. The minimum Gasteiger partial charge on any atom is -0.312 e. The second-order valence-corrected chi connectivity index (χ2v) is 5.96. The Labute approximate surface area is 108 Å². The van der Waals surface area contributed by atoms with Crippen LogP contribution in [0.5, 0.6) is 0 Å². The van der Waals surface area contributed by atoms with Gasteiger partial charge in [0.05, 0.1) is 0 Å². The van der Waals surface area contributed by atoms with Gasteiger partial charge in [0, 0.05) is 24.7 Å².